The highest BCUT2D eigenvalue weighted by Gasteiger charge is 1.91. The third-order valence-electron chi connectivity index (χ3n) is 1.74. The molecule has 0 heterocycles. The SMILES string of the molecule is CCC(C)NC=NCCN(C)C. The van der Waals surface area contributed by atoms with Gasteiger partial charge in [0, 0.05) is 12.6 Å². The largest absolute Gasteiger partial charge is 0.374 e. The van der Waals surface area contributed by atoms with E-state index in [-0.39, 0.29) is 0 Å². The van der Waals surface area contributed by atoms with Crippen molar-refractivity contribution in [2.45, 2.75) is 26.3 Å². The van der Waals surface area contributed by atoms with Gasteiger partial charge in [0.05, 0.1) is 12.9 Å². The fraction of sp³-hybridized carbons (Fsp3) is 0.889. The van der Waals surface area contributed by atoms with Crippen LogP contribution in [0.25, 0.3) is 0 Å². The Balaban J connectivity index is 3.25. The molecule has 0 spiro atoms. The van der Waals surface area contributed by atoms with Gasteiger partial charge in [-0.25, -0.2) is 0 Å². The van der Waals surface area contributed by atoms with E-state index in [1.807, 2.05) is 6.34 Å². The molecule has 0 aromatic rings. The van der Waals surface area contributed by atoms with Crippen molar-refractivity contribution in [1.82, 2.24) is 10.2 Å². The van der Waals surface area contributed by atoms with Crippen LogP contribution in [-0.2, 0) is 0 Å². The summed E-state index contributed by atoms with van der Waals surface area (Å²) >= 11 is 0. The minimum Gasteiger partial charge on any atom is -0.374 e. The number of rotatable bonds is 6. The molecular weight excluding hydrogens is 150 g/mol. The van der Waals surface area contributed by atoms with Crippen molar-refractivity contribution in [2.24, 2.45) is 4.99 Å². The van der Waals surface area contributed by atoms with Crippen LogP contribution in [0.1, 0.15) is 20.3 Å². The number of nitrogens with one attached hydrogen (secondary N) is 1. The molecule has 0 radical (unpaired) electrons. The summed E-state index contributed by atoms with van der Waals surface area (Å²) in [5, 5.41) is 3.20. The van der Waals surface area contributed by atoms with Gasteiger partial charge in [0.15, 0.2) is 0 Å². The molecule has 0 aromatic carbocycles. The Bertz CT molecular complexity index is 121. The van der Waals surface area contributed by atoms with Crippen LogP contribution < -0.4 is 5.32 Å². The summed E-state index contributed by atoms with van der Waals surface area (Å²) < 4.78 is 0. The van der Waals surface area contributed by atoms with E-state index in [0.717, 1.165) is 19.5 Å². The second kappa shape index (κ2) is 7.10. The average Bonchev–Trinajstić information content (AvgIpc) is 2.03. The van der Waals surface area contributed by atoms with E-state index >= 15 is 0 Å². The topological polar surface area (TPSA) is 27.6 Å². The lowest BCUT2D eigenvalue weighted by Crippen LogP contribution is -2.24. The molecule has 12 heavy (non-hydrogen) atoms. The highest BCUT2D eigenvalue weighted by Crippen LogP contribution is 1.84. The number of hydrogen-bond acceptors (Lipinski definition) is 2. The first-order chi connectivity index (χ1) is 5.66. The van der Waals surface area contributed by atoms with Crippen molar-refractivity contribution in [2.75, 3.05) is 27.2 Å². The molecule has 0 aliphatic rings. The second-order valence-corrected chi connectivity index (χ2v) is 3.31. The van der Waals surface area contributed by atoms with E-state index in [4.69, 9.17) is 0 Å². The van der Waals surface area contributed by atoms with Crippen molar-refractivity contribution < 1.29 is 0 Å². The molecule has 72 valence electrons. The maximum atomic E-state index is 4.22. The summed E-state index contributed by atoms with van der Waals surface area (Å²) in [5.74, 6) is 0. The van der Waals surface area contributed by atoms with Gasteiger partial charge in [0.25, 0.3) is 0 Å². The van der Waals surface area contributed by atoms with Gasteiger partial charge in [0.2, 0.25) is 0 Å². The van der Waals surface area contributed by atoms with E-state index < -0.39 is 0 Å². The summed E-state index contributed by atoms with van der Waals surface area (Å²) in [6.45, 7) is 6.19. The molecular formula is C9H21N3. The Hall–Kier alpha value is -0.570. The normalized spacial score (nSPS) is 14.1. The highest BCUT2D eigenvalue weighted by molar-refractivity contribution is 5.54. The fourth-order valence-corrected chi connectivity index (χ4v) is 0.620. The molecule has 1 unspecified atom stereocenters. The quantitative estimate of drug-likeness (QED) is 0.476. The van der Waals surface area contributed by atoms with Gasteiger partial charge in [-0.1, -0.05) is 6.92 Å². The first-order valence-corrected chi connectivity index (χ1v) is 4.56. The summed E-state index contributed by atoms with van der Waals surface area (Å²) in [4.78, 5) is 6.35. The monoisotopic (exact) mass is 171 g/mol. The van der Waals surface area contributed by atoms with Crippen LogP contribution in [0.15, 0.2) is 4.99 Å². The van der Waals surface area contributed by atoms with Gasteiger partial charge in [-0.3, -0.25) is 4.99 Å². The molecule has 0 fully saturated rings. The molecule has 3 heteroatoms. The minimum absolute atomic E-state index is 0.535. The third kappa shape index (κ3) is 7.54. The molecule has 1 N–H and O–H groups in total. The van der Waals surface area contributed by atoms with Crippen LogP contribution in [0.2, 0.25) is 0 Å². The van der Waals surface area contributed by atoms with Gasteiger partial charge in [0.1, 0.15) is 0 Å². The van der Waals surface area contributed by atoms with Crippen molar-refractivity contribution >= 4 is 6.34 Å². The minimum atomic E-state index is 0.535. The number of aliphatic imine (C=N–C) groups is 1. The standard InChI is InChI=1S/C9H21N3/c1-5-9(2)11-8-10-6-7-12(3)4/h8-9H,5-7H2,1-4H3,(H,10,11). The first kappa shape index (κ1) is 11.4. The summed E-state index contributed by atoms with van der Waals surface area (Å²) in [7, 11) is 4.11. The summed E-state index contributed by atoms with van der Waals surface area (Å²) in [6.07, 6.45) is 2.96. The second-order valence-electron chi connectivity index (χ2n) is 3.31. The van der Waals surface area contributed by atoms with E-state index in [0.29, 0.717) is 6.04 Å². The van der Waals surface area contributed by atoms with E-state index in [2.05, 4.69) is 43.2 Å². The Labute approximate surface area is 75.9 Å². The fourth-order valence-electron chi connectivity index (χ4n) is 0.620. The predicted octanol–water partition coefficient (Wildman–Crippen LogP) is 0.964. The molecule has 0 aromatic heterocycles. The van der Waals surface area contributed by atoms with Gasteiger partial charge in [-0.05, 0) is 27.4 Å². The van der Waals surface area contributed by atoms with Crippen LogP contribution in [0, 0.1) is 0 Å². The molecule has 0 rings (SSSR count). The zero-order valence-electron chi connectivity index (χ0n) is 8.67. The van der Waals surface area contributed by atoms with E-state index in [9.17, 15) is 0 Å². The number of likely N-dealkylation sites (N-methyl/N-ethyl adjacent to an activating group) is 1. The highest BCUT2D eigenvalue weighted by atomic mass is 15.1. The lowest BCUT2D eigenvalue weighted by molar-refractivity contribution is 0.420. The molecule has 0 saturated carbocycles. The van der Waals surface area contributed by atoms with Crippen molar-refractivity contribution in [3.8, 4) is 0 Å². The van der Waals surface area contributed by atoms with Gasteiger partial charge >= 0.3 is 0 Å². The van der Waals surface area contributed by atoms with Crippen LogP contribution in [0.4, 0.5) is 0 Å². The van der Waals surface area contributed by atoms with Crippen molar-refractivity contribution in [3.05, 3.63) is 0 Å². The van der Waals surface area contributed by atoms with Crippen LogP contribution >= 0.6 is 0 Å². The molecule has 0 saturated heterocycles. The maximum absolute atomic E-state index is 4.22. The van der Waals surface area contributed by atoms with Crippen molar-refractivity contribution in [3.63, 3.8) is 0 Å². The summed E-state index contributed by atoms with van der Waals surface area (Å²) in [5.41, 5.74) is 0. The van der Waals surface area contributed by atoms with Crippen LogP contribution in [0.5, 0.6) is 0 Å². The molecule has 3 nitrogen and oxygen atoms in total. The zero-order chi connectivity index (χ0) is 9.40. The van der Waals surface area contributed by atoms with Crippen LogP contribution in [-0.4, -0.2) is 44.5 Å². The van der Waals surface area contributed by atoms with Gasteiger partial charge < -0.3 is 10.2 Å². The maximum Gasteiger partial charge on any atom is 0.0826 e. The Morgan fingerprint density at radius 3 is 2.67 bits per heavy atom. The first-order valence-electron chi connectivity index (χ1n) is 4.56. The van der Waals surface area contributed by atoms with E-state index in [1.54, 1.807) is 0 Å². The Morgan fingerprint density at radius 2 is 2.17 bits per heavy atom. The van der Waals surface area contributed by atoms with Gasteiger partial charge in [-0.2, -0.15) is 0 Å². The molecule has 0 bridgehead atoms. The third-order valence-corrected chi connectivity index (χ3v) is 1.74. The molecule has 0 amide bonds. The predicted molar refractivity (Wildman–Crippen MR) is 54.8 cm³/mol. The lowest BCUT2D eigenvalue weighted by atomic mass is 10.3. The van der Waals surface area contributed by atoms with Crippen LogP contribution in [0.3, 0.4) is 0 Å². The molecule has 0 aliphatic heterocycles. The molecule has 1 atom stereocenters. The lowest BCUT2D eigenvalue weighted by Gasteiger charge is -2.08. The summed E-state index contributed by atoms with van der Waals surface area (Å²) in [6, 6.07) is 0.535. The van der Waals surface area contributed by atoms with Crippen molar-refractivity contribution in [1.29, 1.82) is 0 Å². The Morgan fingerprint density at radius 1 is 1.50 bits per heavy atom. The zero-order valence-corrected chi connectivity index (χ0v) is 8.67. The number of hydrogen-bond donors (Lipinski definition) is 1. The smallest absolute Gasteiger partial charge is 0.0826 e. The number of nitrogens with zero attached hydrogens (tertiary/aromatic N) is 2. The van der Waals surface area contributed by atoms with E-state index in [1.165, 1.54) is 0 Å². The Kier molecular flexibility index (Phi) is 6.76. The van der Waals surface area contributed by atoms with Gasteiger partial charge in [-0.15, -0.1) is 0 Å². The average molecular weight is 171 g/mol. The molecule has 0 aliphatic carbocycles.